The summed E-state index contributed by atoms with van der Waals surface area (Å²) in [5, 5.41) is 17.1. The Morgan fingerprint density at radius 3 is 1.34 bits per heavy atom. The molecule has 0 heterocycles. The summed E-state index contributed by atoms with van der Waals surface area (Å²) in [6.45, 7) is 3.43. The molecular weight excluding hydrogens is 412 g/mol. The number of esters is 2. The summed E-state index contributed by atoms with van der Waals surface area (Å²) in [6, 6.07) is 15.1. The lowest BCUT2D eigenvalue weighted by molar-refractivity contribution is 0.0719. The lowest BCUT2D eigenvalue weighted by atomic mass is 10.1. The number of ether oxygens (including phenoxy) is 4. The van der Waals surface area contributed by atoms with Crippen molar-refractivity contribution < 1.29 is 28.5 Å². The van der Waals surface area contributed by atoms with Crippen LogP contribution in [0.1, 0.15) is 31.8 Å². The molecule has 0 aromatic heterocycles. The smallest absolute Gasteiger partial charge is 0.343 e. The lowest BCUT2D eigenvalue weighted by Gasteiger charge is -2.10. The number of carbonyl (C=O) groups excluding carboxylic acids is 2. The van der Waals surface area contributed by atoms with Gasteiger partial charge in [0.15, 0.2) is 0 Å². The molecule has 0 spiro atoms. The summed E-state index contributed by atoms with van der Waals surface area (Å²) < 4.78 is 20.2. The van der Waals surface area contributed by atoms with E-state index in [0.717, 1.165) is 0 Å². The van der Waals surface area contributed by atoms with Crippen LogP contribution in [0.3, 0.4) is 0 Å². The minimum absolute atomic E-state index is 0.243. The van der Waals surface area contributed by atoms with Crippen molar-refractivity contribution in [3.8, 4) is 35.5 Å². The van der Waals surface area contributed by atoms with E-state index in [1.54, 1.807) is 38.5 Å². The molecule has 3 aromatic carbocycles. The van der Waals surface area contributed by atoms with Crippen molar-refractivity contribution in [1.29, 1.82) is 10.5 Å². The number of nitriles is 2. The fourth-order valence-electron chi connectivity index (χ4n) is 2.77. The van der Waals surface area contributed by atoms with Gasteiger partial charge in [-0.05, 0) is 85.6 Å². The number of rotatable bonds is 6. The van der Waals surface area contributed by atoms with Crippen molar-refractivity contribution >= 4 is 11.9 Å². The Balaban J connectivity index is 1.67. The molecule has 0 atom stereocenters. The van der Waals surface area contributed by atoms with Crippen LogP contribution in [0.2, 0.25) is 0 Å². The minimum Gasteiger partial charge on any atom is -0.423 e. The minimum atomic E-state index is -0.606. The summed E-state index contributed by atoms with van der Waals surface area (Å²) in [5.41, 5.74) is 1.72. The van der Waals surface area contributed by atoms with Crippen LogP contribution in [0.4, 0.5) is 0 Å². The molecule has 0 saturated carbocycles. The first-order valence-electron chi connectivity index (χ1n) is 9.29. The quantitative estimate of drug-likeness (QED) is 0.321. The van der Waals surface area contributed by atoms with E-state index < -0.39 is 11.9 Å². The Bertz CT molecular complexity index is 1150. The molecule has 3 aromatic rings. The van der Waals surface area contributed by atoms with Gasteiger partial charge in [0.1, 0.15) is 23.0 Å². The van der Waals surface area contributed by atoms with Gasteiger partial charge in [-0.25, -0.2) is 9.59 Å². The number of hydrogen-bond acceptors (Lipinski definition) is 8. The molecule has 0 N–H and O–H groups in total. The van der Waals surface area contributed by atoms with Crippen LogP contribution in [-0.2, 0) is 0 Å². The monoisotopic (exact) mass is 428 g/mol. The summed E-state index contributed by atoms with van der Waals surface area (Å²) in [6.07, 6.45) is 3.15. The summed E-state index contributed by atoms with van der Waals surface area (Å²) >= 11 is 0. The first-order chi connectivity index (χ1) is 15.4. The Morgan fingerprint density at radius 2 is 1.03 bits per heavy atom. The Labute approximate surface area is 183 Å². The third-order valence-corrected chi connectivity index (χ3v) is 4.38. The topological polar surface area (TPSA) is 119 Å². The maximum absolute atomic E-state index is 12.4. The Kier molecular flexibility index (Phi) is 6.69. The van der Waals surface area contributed by atoms with Crippen molar-refractivity contribution in [2.24, 2.45) is 0 Å². The molecule has 0 unspecified atom stereocenters. The van der Waals surface area contributed by atoms with Crippen LogP contribution in [0, 0.1) is 36.9 Å². The highest BCUT2D eigenvalue weighted by molar-refractivity contribution is 5.95. The van der Waals surface area contributed by atoms with Gasteiger partial charge < -0.3 is 18.9 Å². The highest BCUT2D eigenvalue weighted by Gasteiger charge is 2.15. The second-order valence-corrected chi connectivity index (χ2v) is 6.60. The number of hydrogen-bond donors (Lipinski definition) is 0. The average molecular weight is 428 g/mol. The molecule has 0 radical (unpaired) electrons. The zero-order valence-electron chi connectivity index (χ0n) is 17.1. The normalized spacial score (nSPS) is 9.75. The van der Waals surface area contributed by atoms with Gasteiger partial charge in [0.2, 0.25) is 0 Å². The molecule has 0 amide bonds. The third kappa shape index (κ3) is 5.21. The molecule has 0 bridgehead atoms. The van der Waals surface area contributed by atoms with Gasteiger partial charge in [0, 0.05) is 0 Å². The molecule has 0 saturated heterocycles. The molecule has 8 heteroatoms. The number of nitrogens with zero attached hydrogens (tertiary/aromatic N) is 2. The maximum Gasteiger partial charge on any atom is 0.343 e. The predicted octanol–water partition coefficient (Wildman–Crippen LogP) is 4.46. The summed E-state index contributed by atoms with van der Waals surface area (Å²) in [7, 11) is 0. The van der Waals surface area contributed by atoms with Crippen LogP contribution in [0.15, 0.2) is 60.7 Å². The molecular formula is C24H16N2O6. The van der Waals surface area contributed by atoms with Gasteiger partial charge in [-0.3, -0.25) is 0 Å². The highest BCUT2D eigenvalue weighted by atomic mass is 16.5. The van der Waals surface area contributed by atoms with Crippen LogP contribution in [0.25, 0.3) is 0 Å². The highest BCUT2D eigenvalue weighted by Crippen LogP contribution is 2.25. The molecule has 3 rings (SSSR count). The largest absolute Gasteiger partial charge is 0.423 e. The molecule has 0 aliphatic heterocycles. The van der Waals surface area contributed by atoms with Gasteiger partial charge in [-0.15, -0.1) is 10.5 Å². The zero-order valence-corrected chi connectivity index (χ0v) is 17.1. The van der Waals surface area contributed by atoms with Crippen molar-refractivity contribution in [2.45, 2.75) is 13.8 Å². The van der Waals surface area contributed by atoms with E-state index in [-0.39, 0.29) is 11.1 Å². The van der Waals surface area contributed by atoms with Crippen molar-refractivity contribution in [2.75, 3.05) is 0 Å². The second-order valence-electron chi connectivity index (χ2n) is 6.60. The van der Waals surface area contributed by atoms with Crippen LogP contribution in [-0.4, -0.2) is 11.9 Å². The van der Waals surface area contributed by atoms with E-state index in [4.69, 9.17) is 29.5 Å². The molecule has 158 valence electrons. The second kappa shape index (κ2) is 9.79. The van der Waals surface area contributed by atoms with E-state index in [0.29, 0.717) is 34.1 Å². The van der Waals surface area contributed by atoms with Gasteiger partial charge in [0.25, 0.3) is 12.5 Å². The predicted molar refractivity (Wildman–Crippen MR) is 111 cm³/mol. The van der Waals surface area contributed by atoms with E-state index in [1.165, 1.54) is 48.5 Å². The van der Waals surface area contributed by atoms with Crippen molar-refractivity contribution in [3.63, 3.8) is 0 Å². The SMILES string of the molecule is Cc1cc(OC#N)ccc1OC(=O)c1ccc(C(=O)Oc2ccc(OC#N)cc2C)cc1. The van der Waals surface area contributed by atoms with Crippen LogP contribution < -0.4 is 18.9 Å². The average Bonchev–Trinajstić information content (AvgIpc) is 2.78. The molecule has 0 aliphatic rings. The summed E-state index contributed by atoms with van der Waals surface area (Å²) in [4.78, 5) is 24.8. The molecule has 0 aliphatic carbocycles. The molecule has 0 fully saturated rings. The van der Waals surface area contributed by atoms with Gasteiger partial charge in [0.05, 0.1) is 11.1 Å². The zero-order chi connectivity index (χ0) is 23.1. The standard InChI is InChI=1S/C24H16N2O6/c1-15-11-19(29-13-25)7-9-21(15)31-23(27)17-3-5-18(6-4-17)24(28)32-22-10-8-20(30-14-26)12-16(22)2/h3-12H,1-2H3. The van der Waals surface area contributed by atoms with Crippen molar-refractivity contribution in [1.82, 2.24) is 0 Å². The molecule has 32 heavy (non-hydrogen) atoms. The first kappa shape index (κ1) is 21.9. The molecule has 8 nitrogen and oxygen atoms in total. The number of aryl methyl sites for hydroxylation is 2. The van der Waals surface area contributed by atoms with Crippen molar-refractivity contribution in [3.05, 3.63) is 82.9 Å². The maximum atomic E-state index is 12.4. The van der Waals surface area contributed by atoms with E-state index in [9.17, 15) is 9.59 Å². The third-order valence-electron chi connectivity index (χ3n) is 4.38. The Morgan fingerprint density at radius 1 is 0.656 bits per heavy atom. The first-order valence-corrected chi connectivity index (χ1v) is 9.29. The Hall–Kier alpha value is -4.82. The fraction of sp³-hybridized carbons (Fsp3) is 0.0833. The number of benzene rings is 3. The van der Waals surface area contributed by atoms with E-state index in [1.807, 2.05) is 0 Å². The van der Waals surface area contributed by atoms with Gasteiger partial charge in [-0.2, -0.15) is 0 Å². The van der Waals surface area contributed by atoms with Crippen LogP contribution in [0.5, 0.6) is 23.0 Å². The van der Waals surface area contributed by atoms with Crippen LogP contribution >= 0.6 is 0 Å². The lowest BCUT2D eigenvalue weighted by Crippen LogP contribution is -2.12. The summed E-state index contributed by atoms with van der Waals surface area (Å²) in [5.74, 6) is 0.119. The van der Waals surface area contributed by atoms with Gasteiger partial charge >= 0.3 is 11.9 Å². The van der Waals surface area contributed by atoms with Gasteiger partial charge in [-0.1, -0.05) is 0 Å². The van der Waals surface area contributed by atoms with E-state index in [2.05, 4.69) is 0 Å². The van der Waals surface area contributed by atoms with E-state index >= 15 is 0 Å². The fourth-order valence-corrected chi connectivity index (χ4v) is 2.77. The number of carbonyl (C=O) groups is 2.